The standard InChI is InChI=1S/C14H30N2O2S/c1-13(2)15-11-7-8-12-19(17,18)16(3)14-9-5-4-6-10-14/h13-15H,4-12H2,1-3H3. The van der Waals surface area contributed by atoms with Gasteiger partial charge in [-0.05, 0) is 32.2 Å². The largest absolute Gasteiger partial charge is 0.315 e. The van der Waals surface area contributed by atoms with Gasteiger partial charge >= 0.3 is 0 Å². The van der Waals surface area contributed by atoms with E-state index >= 15 is 0 Å². The van der Waals surface area contributed by atoms with Crippen LogP contribution in [0.3, 0.4) is 0 Å². The molecule has 114 valence electrons. The average Bonchev–Trinajstić information content (AvgIpc) is 2.38. The molecule has 0 aromatic rings. The SMILES string of the molecule is CC(C)NCCCCS(=O)(=O)N(C)C1CCCCC1. The fraction of sp³-hybridized carbons (Fsp3) is 1.00. The summed E-state index contributed by atoms with van der Waals surface area (Å²) in [5.41, 5.74) is 0. The molecule has 0 atom stereocenters. The van der Waals surface area contributed by atoms with Crippen LogP contribution in [0.2, 0.25) is 0 Å². The molecule has 0 bridgehead atoms. The zero-order valence-corrected chi connectivity index (χ0v) is 13.5. The van der Waals surface area contributed by atoms with Gasteiger partial charge < -0.3 is 5.32 Å². The first-order valence-electron chi connectivity index (χ1n) is 7.62. The van der Waals surface area contributed by atoms with Crippen molar-refractivity contribution in [3.63, 3.8) is 0 Å². The van der Waals surface area contributed by atoms with E-state index in [2.05, 4.69) is 19.2 Å². The highest BCUT2D eigenvalue weighted by Crippen LogP contribution is 2.23. The smallest absolute Gasteiger partial charge is 0.214 e. The van der Waals surface area contributed by atoms with Gasteiger partial charge in [0.2, 0.25) is 10.0 Å². The van der Waals surface area contributed by atoms with Crippen LogP contribution in [0.15, 0.2) is 0 Å². The van der Waals surface area contributed by atoms with Crippen molar-refractivity contribution in [1.82, 2.24) is 9.62 Å². The van der Waals surface area contributed by atoms with Gasteiger partial charge in [0.05, 0.1) is 5.75 Å². The van der Waals surface area contributed by atoms with E-state index in [1.165, 1.54) is 19.3 Å². The van der Waals surface area contributed by atoms with E-state index in [1.54, 1.807) is 11.4 Å². The molecule has 1 aliphatic rings. The fourth-order valence-corrected chi connectivity index (χ4v) is 4.14. The Balaban J connectivity index is 2.29. The summed E-state index contributed by atoms with van der Waals surface area (Å²) in [5, 5.41) is 3.32. The van der Waals surface area contributed by atoms with Crippen LogP contribution in [0.5, 0.6) is 0 Å². The van der Waals surface area contributed by atoms with E-state index in [4.69, 9.17) is 0 Å². The Morgan fingerprint density at radius 2 is 1.79 bits per heavy atom. The van der Waals surface area contributed by atoms with E-state index in [1.807, 2.05) is 0 Å². The maximum absolute atomic E-state index is 12.2. The molecule has 0 unspecified atom stereocenters. The Kier molecular flexibility index (Phi) is 7.32. The highest BCUT2D eigenvalue weighted by atomic mass is 32.2. The van der Waals surface area contributed by atoms with E-state index < -0.39 is 10.0 Å². The first-order chi connectivity index (χ1) is 8.93. The number of unbranched alkanes of at least 4 members (excludes halogenated alkanes) is 1. The molecule has 0 radical (unpaired) electrons. The van der Waals surface area contributed by atoms with Crippen LogP contribution in [0.25, 0.3) is 0 Å². The molecular weight excluding hydrogens is 260 g/mol. The summed E-state index contributed by atoms with van der Waals surface area (Å²) >= 11 is 0. The third-order valence-corrected chi connectivity index (χ3v) is 5.89. The maximum Gasteiger partial charge on any atom is 0.214 e. The molecule has 1 rings (SSSR count). The summed E-state index contributed by atoms with van der Waals surface area (Å²) in [4.78, 5) is 0. The Bertz CT molecular complexity index is 335. The van der Waals surface area contributed by atoms with Gasteiger partial charge in [-0.3, -0.25) is 0 Å². The molecule has 0 aromatic carbocycles. The fourth-order valence-electron chi connectivity index (χ4n) is 2.62. The number of rotatable bonds is 8. The normalized spacial score (nSPS) is 18.4. The van der Waals surface area contributed by atoms with Crippen LogP contribution >= 0.6 is 0 Å². The molecule has 4 nitrogen and oxygen atoms in total. The van der Waals surface area contributed by atoms with E-state index in [-0.39, 0.29) is 6.04 Å². The summed E-state index contributed by atoms with van der Waals surface area (Å²) in [7, 11) is -1.29. The molecule has 0 aromatic heterocycles. The lowest BCUT2D eigenvalue weighted by Gasteiger charge is -2.30. The lowest BCUT2D eigenvalue weighted by Crippen LogP contribution is -2.39. The van der Waals surface area contributed by atoms with Gasteiger partial charge in [-0.15, -0.1) is 0 Å². The lowest BCUT2D eigenvalue weighted by atomic mass is 9.96. The predicted molar refractivity (Wildman–Crippen MR) is 80.8 cm³/mol. The molecule has 0 amide bonds. The zero-order valence-electron chi connectivity index (χ0n) is 12.7. The highest BCUT2D eigenvalue weighted by Gasteiger charge is 2.26. The van der Waals surface area contributed by atoms with Crippen molar-refractivity contribution in [3.8, 4) is 0 Å². The number of sulfonamides is 1. The molecule has 1 fully saturated rings. The summed E-state index contributed by atoms with van der Waals surface area (Å²) in [6, 6.07) is 0.717. The van der Waals surface area contributed by atoms with Gasteiger partial charge in [0.25, 0.3) is 0 Å². The topological polar surface area (TPSA) is 49.4 Å². The van der Waals surface area contributed by atoms with Crippen molar-refractivity contribution in [2.45, 2.75) is 70.9 Å². The van der Waals surface area contributed by atoms with E-state index in [0.717, 1.165) is 32.2 Å². The van der Waals surface area contributed by atoms with Gasteiger partial charge in [0.15, 0.2) is 0 Å². The van der Waals surface area contributed by atoms with Crippen LogP contribution in [-0.4, -0.2) is 44.2 Å². The van der Waals surface area contributed by atoms with Crippen molar-refractivity contribution >= 4 is 10.0 Å². The molecule has 1 saturated carbocycles. The second kappa shape index (κ2) is 8.22. The minimum Gasteiger partial charge on any atom is -0.315 e. The molecule has 0 aliphatic heterocycles. The number of nitrogens with one attached hydrogen (secondary N) is 1. The van der Waals surface area contributed by atoms with Gasteiger partial charge in [-0.1, -0.05) is 33.1 Å². The summed E-state index contributed by atoms with van der Waals surface area (Å²) in [6.45, 7) is 5.11. The summed E-state index contributed by atoms with van der Waals surface area (Å²) in [6.07, 6.45) is 7.33. The Morgan fingerprint density at radius 3 is 2.37 bits per heavy atom. The molecule has 5 heteroatoms. The second-order valence-electron chi connectivity index (χ2n) is 5.94. The molecule has 0 spiro atoms. The molecule has 1 N–H and O–H groups in total. The number of hydrogen-bond acceptors (Lipinski definition) is 3. The van der Waals surface area contributed by atoms with Gasteiger partial charge in [0, 0.05) is 19.1 Å². The van der Waals surface area contributed by atoms with Gasteiger partial charge in [0.1, 0.15) is 0 Å². The van der Waals surface area contributed by atoms with Crippen LogP contribution in [0, 0.1) is 0 Å². The molecule has 0 heterocycles. The van der Waals surface area contributed by atoms with E-state index in [9.17, 15) is 8.42 Å². The quantitative estimate of drug-likeness (QED) is 0.698. The van der Waals surface area contributed by atoms with Crippen LogP contribution < -0.4 is 5.32 Å². The van der Waals surface area contributed by atoms with Crippen LogP contribution in [0.1, 0.15) is 58.8 Å². The second-order valence-corrected chi connectivity index (χ2v) is 8.09. The van der Waals surface area contributed by atoms with Crippen molar-refractivity contribution in [2.24, 2.45) is 0 Å². The average molecular weight is 290 g/mol. The van der Waals surface area contributed by atoms with E-state index in [0.29, 0.717) is 11.8 Å². The van der Waals surface area contributed by atoms with Crippen molar-refractivity contribution in [1.29, 1.82) is 0 Å². The highest BCUT2D eigenvalue weighted by molar-refractivity contribution is 7.89. The Hall–Kier alpha value is -0.130. The van der Waals surface area contributed by atoms with Crippen LogP contribution in [-0.2, 0) is 10.0 Å². The third-order valence-electron chi connectivity index (χ3n) is 3.91. The maximum atomic E-state index is 12.2. The zero-order chi connectivity index (χ0) is 14.3. The third kappa shape index (κ3) is 6.23. The molecular formula is C14H30N2O2S. The Morgan fingerprint density at radius 1 is 1.16 bits per heavy atom. The summed E-state index contributed by atoms with van der Waals surface area (Å²) in [5.74, 6) is 0.291. The van der Waals surface area contributed by atoms with Gasteiger partial charge in [-0.2, -0.15) is 0 Å². The minimum atomic E-state index is -3.06. The van der Waals surface area contributed by atoms with Crippen molar-refractivity contribution in [3.05, 3.63) is 0 Å². The first kappa shape index (κ1) is 16.9. The monoisotopic (exact) mass is 290 g/mol. The first-order valence-corrected chi connectivity index (χ1v) is 9.23. The molecule has 0 saturated heterocycles. The summed E-state index contributed by atoms with van der Waals surface area (Å²) < 4.78 is 26.1. The Labute approximate surface area is 119 Å². The molecule has 1 aliphatic carbocycles. The number of hydrogen-bond donors (Lipinski definition) is 1. The minimum absolute atomic E-state index is 0.243. The van der Waals surface area contributed by atoms with Crippen molar-refractivity contribution in [2.75, 3.05) is 19.3 Å². The van der Waals surface area contributed by atoms with Crippen LogP contribution in [0.4, 0.5) is 0 Å². The molecule has 19 heavy (non-hydrogen) atoms. The van der Waals surface area contributed by atoms with Gasteiger partial charge in [-0.25, -0.2) is 12.7 Å². The lowest BCUT2D eigenvalue weighted by molar-refractivity contribution is 0.285. The number of nitrogens with zero attached hydrogens (tertiary/aromatic N) is 1. The van der Waals surface area contributed by atoms with Crippen molar-refractivity contribution < 1.29 is 8.42 Å². The predicted octanol–water partition coefficient (Wildman–Crippen LogP) is 2.36.